The van der Waals surface area contributed by atoms with Crippen molar-refractivity contribution in [3.05, 3.63) is 95.5 Å². The van der Waals surface area contributed by atoms with Crippen LogP contribution in [0.15, 0.2) is 95.3 Å². The number of rotatable bonds is 5. The Labute approximate surface area is 140 Å². The van der Waals surface area contributed by atoms with Crippen molar-refractivity contribution >= 4 is 23.0 Å². The smallest absolute Gasteiger partial charge is 0.0874 e. The molecule has 0 aromatic heterocycles. The fourth-order valence-corrected chi connectivity index (χ4v) is 2.27. The Kier molecular flexibility index (Phi) is 5.02. The van der Waals surface area contributed by atoms with E-state index in [-0.39, 0.29) is 0 Å². The van der Waals surface area contributed by atoms with Crippen molar-refractivity contribution in [3.8, 4) is 0 Å². The summed E-state index contributed by atoms with van der Waals surface area (Å²) in [5.41, 5.74) is 2.92. The first-order valence-electron chi connectivity index (χ1n) is 7.35. The maximum Gasteiger partial charge on any atom is 0.0874 e. The van der Waals surface area contributed by atoms with Crippen molar-refractivity contribution in [3.63, 3.8) is 0 Å². The van der Waals surface area contributed by atoms with Crippen molar-refractivity contribution in [2.75, 3.05) is 5.01 Å². The highest BCUT2D eigenvalue weighted by molar-refractivity contribution is 6.30. The third-order valence-corrected chi connectivity index (χ3v) is 3.58. The molecule has 0 atom stereocenters. The van der Waals surface area contributed by atoms with E-state index in [0.29, 0.717) is 11.6 Å². The van der Waals surface area contributed by atoms with Crippen LogP contribution >= 0.6 is 11.6 Å². The van der Waals surface area contributed by atoms with E-state index in [9.17, 15) is 0 Å². The summed E-state index contributed by atoms with van der Waals surface area (Å²) in [5, 5.41) is 11.3. The monoisotopic (exact) mass is 321 g/mol. The van der Waals surface area contributed by atoms with Gasteiger partial charge < -0.3 is 0 Å². The van der Waals surface area contributed by atoms with E-state index in [1.165, 1.54) is 0 Å². The molecule has 0 N–H and O–H groups in total. The molecule has 0 saturated heterocycles. The number of nitrogens with zero attached hydrogens (tertiary/aromatic N) is 3. The van der Waals surface area contributed by atoms with Crippen LogP contribution in [0.3, 0.4) is 0 Å². The van der Waals surface area contributed by atoms with Crippen molar-refractivity contribution < 1.29 is 0 Å². The molecule has 3 nitrogen and oxygen atoms in total. The molecule has 0 aliphatic heterocycles. The molecule has 0 bridgehead atoms. The minimum absolute atomic E-state index is 0.638. The van der Waals surface area contributed by atoms with Gasteiger partial charge in [0.05, 0.1) is 17.9 Å². The van der Waals surface area contributed by atoms with E-state index in [2.05, 4.69) is 22.5 Å². The molecule has 0 fully saturated rings. The summed E-state index contributed by atoms with van der Waals surface area (Å²) in [4.78, 5) is 0. The first-order chi connectivity index (χ1) is 11.3. The highest BCUT2D eigenvalue weighted by Crippen LogP contribution is 2.22. The summed E-state index contributed by atoms with van der Waals surface area (Å²) in [7, 11) is 0. The van der Waals surface area contributed by atoms with Crippen molar-refractivity contribution in [2.45, 2.75) is 6.54 Å². The number of halogens is 1. The minimum atomic E-state index is 0.638. The van der Waals surface area contributed by atoms with Crippen molar-refractivity contribution in [1.29, 1.82) is 0 Å². The van der Waals surface area contributed by atoms with Crippen LogP contribution in [0, 0.1) is 0 Å². The zero-order valence-corrected chi connectivity index (χ0v) is 13.3. The SMILES string of the molecule is Clc1ccc(N(Cc2ccccc2)N=Nc2ccccc2)cc1. The maximum atomic E-state index is 5.98. The summed E-state index contributed by atoms with van der Waals surface area (Å²) in [5.74, 6) is 0. The second-order valence-electron chi connectivity index (χ2n) is 5.04. The van der Waals surface area contributed by atoms with Crippen LogP contribution in [0.1, 0.15) is 5.56 Å². The molecule has 0 amide bonds. The van der Waals surface area contributed by atoms with Gasteiger partial charge in [0.15, 0.2) is 0 Å². The van der Waals surface area contributed by atoms with Crippen molar-refractivity contribution in [2.24, 2.45) is 10.3 Å². The minimum Gasteiger partial charge on any atom is -0.242 e. The number of anilines is 1. The molecule has 0 heterocycles. The molecule has 0 spiro atoms. The summed E-state index contributed by atoms with van der Waals surface area (Å²) >= 11 is 5.98. The van der Waals surface area contributed by atoms with Gasteiger partial charge in [-0.25, -0.2) is 5.01 Å². The van der Waals surface area contributed by atoms with E-state index < -0.39 is 0 Å². The Morgan fingerprint density at radius 2 is 1.35 bits per heavy atom. The lowest BCUT2D eigenvalue weighted by Gasteiger charge is -2.18. The van der Waals surface area contributed by atoms with E-state index in [0.717, 1.165) is 16.9 Å². The molecular weight excluding hydrogens is 306 g/mol. The van der Waals surface area contributed by atoms with E-state index in [1.54, 1.807) is 0 Å². The normalized spacial score (nSPS) is 10.8. The van der Waals surface area contributed by atoms with Crippen LogP contribution in [0.5, 0.6) is 0 Å². The quantitative estimate of drug-likeness (QED) is 0.415. The molecule has 4 heteroatoms. The van der Waals surface area contributed by atoms with Gasteiger partial charge in [0.2, 0.25) is 0 Å². The lowest BCUT2D eigenvalue weighted by molar-refractivity contribution is 0.803. The van der Waals surface area contributed by atoms with Gasteiger partial charge in [-0.1, -0.05) is 65.4 Å². The lowest BCUT2D eigenvalue weighted by atomic mass is 10.2. The molecule has 23 heavy (non-hydrogen) atoms. The Hall–Kier alpha value is -2.65. The molecule has 0 aliphatic rings. The topological polar surface area (TPSA) is 28.0 Å². The Morgan fingerprint density at radius 3 is 2.00 bits per heavy atom. The van der Waals surface area contributed by atoms with Crippen LogP contribution in [0.4, 0.5) is 11.4 Å². The second-order valence-corrected chi connectivity index (χ2v) is 5.48. The van der Waals surface area contributed by atoms with Crippen LogP contribution < -0.4 is 5.01 Å². The van der Waals surface area contributed by atoms with Crippen LogP contribution in [-0.4, -0.2) is 0 Å². The van der Waals surface area contributed by atoms with Gasteiger partial charge in [-0.05, 0) is 42.0 Å². The number of hydrogen-bond donors (Lipinski definition) is 0. The third kappa shape index (κ3) is 4.41. The highest BCUT2D eigenvalue weighted by Gasteiger charge is 2.06. The average molecular weight is 322 g/mol. The van der Waals surface area contributed by atoms with Gasteiger partial charge in [0, 0.05) is 5.02 Å². The molecule has 0 saturated carbocycles. The highest BCUT2D eigenvalue weighted by atomic mass is 35.5. The zero-order valence-electron chi connectivity index (χ0n) is 12.5. The van der Waals surface area contributed by atoms with Crippen LogP contribution in [-0.2, 0) is 6.54 Å². The Morgan fingerprint density at radius 1 is 0.739 bits per heavy atom. The zero-order chi connectivity index (χ0) is 15.9. The van der Waals surface area contributed by atoms with Gasteiger partial charge in [-0.2, -0.15) is 0 Å². The lowest BCUT2D eigenvalue weighted by Crippen LogP contribution is -2.14. The fraction of sp³-hybridized carbons (Fsp3) is 0.0526. The second kappa shape index (κ2) is 7.56. The molecule has 0 radical (unpaired) electrons. The van der Waals surface area contributed by atoms with Gasteiger partial charge in [0.1, 0.15) is 0 Å². The van der Waals surface area contributed by atoms with E-state index >= 15 is 0 Å². The molecule has 0 unspecified atom stereocenters. The molecular formula is C19H16ClN3. The summed E-state index contributed by atoms with van der Waals surface area (Å²) in [6, 6.07) is 27.5. The van der Waals surface area contributed by atoms with Crippen LogP contribution in [0.2, 0.25) is 5.02 Å². The first kappa shape index (κ1) is 15.3. The molecule has 114 valence electrons. The fourth-order valence-electron chi connectivity index (χ4n) is 2.14. The molecule has 0 aliphatic carbocycles. The summed E-state index contributed by atoms with van der Waals surface area (Å²) in [6.07, 6.45) is 0. The average Bonchev–Trinajstić information content (AvgIpc) is 2.61. The third-order valence-electron chi connectivity index (χ3n) is 3.32. The first-order valence-corrected chi connectivity index (χ1v) is 7.73. The Balaban J connectivity index is 1.86. The van der Waals surface area contributed by atoms with Crippen LogP contribution in [0.25, 0.3) is 0 Å². The number of benzene rings is 3. The Bertz CT molecular complexity index is 756. The molecule has 3 rings (SSSR count). The van der Waals surface area contributed by atoms with Gasteiger partial charge in [-0.3, -0.25) is 0 Å². The van der Waals surface area contributed by atoms with E-state index in [4.69, 9.17) is 11.6 Å². The van der Waals surface area contributed by atoms with Gasteiger partial charge in [0.25, 0.3) is 0 Å². The predicted molar refractivity (Wildman–Crippen MR) is 95.0 cm³/mol. The van der Waals surface area contributed by atoms with E-state index in [1.807, 2.05) is 77.8 Å². The summed E-state index contributed by atoms with van der Waals surface area (Å²) in [6.45, 7) is 0.638. The maximum absolute atomic E-state index is 5.98. The molecule has 3 aromatic carbocycles. The predicted octanol–water partition coefficient (Wildman–Crippen LogP) is 6.05. The van der Waals surface area contributed by atoms with Gasteiger partial charge in [-0.15, -0.1) is 5.11 Å². The number of hydrogen-bond acceptors (Lipinski definition) is 2. The van der Waals surface area contributed by atoms with Gasteiger partial charge >= 0.3 is 0 Å². The standard InChI is InChI=1S/C19H16ClN3/c20-17-11-13-19(14-12-17)23(15-16-7-3-1-4-8-16)22-21-18-9-5-2-6-10-18/h1-14H,15H2. The summed E-state index contributed by atoms with van der Waals surface area (Å²) < 4.78 is 0. The molecule has 3 aromatic rings. The largest absolute Gasteiger partial charge is 0.242 e. The van der Waals surface area contributed by atoms with Crippen molar-refractivity contribution in [1.82, 2.24) is 0 Å².